The Bertz CT molecular complexity index is 261. The maximum absolute atomic E-state index is 10.8. The number of quaternary nitrogens is 1. The van der Waals surface area contributed by atoms with E-state index in [9.17, 15) is 5.21 Å². The summed E-state index contributed by atoms with van der Waals surface area (Å²) < 4.78 is 0. The predicted octanol–water partition coefficient (Wildman–Crippen LogP) is 0.967. The molecule has 0 amide bonds. The van der Waals surface area contributed by atoms with Crippen LogP contribution in [-0.2, 0) is 0 Å². The van der Waals surface area contributed by atoms with Crippen molar-refractivity contribution >= 4 is 5.69 Å². The Morgan fingerprint density at radius 1 is 1.33 bits per heavy atom. The predicted molar refractivity (Wildman–Crippen MR) is 44.2 cm³/mol. The fourth-order valence-corrected chi connectivity index (χ4v) is 1.44. The van der Waals surface area contributed by atoms with Crippen molar-refractivity contribution in [3.63, 3.8) is 0 Å². The Morgan fingerprint density at radius 3 is 2.58 bits per heavy atom. The molecule has 1 saturated carbocycles. The summed E-state index contributed by atoms with van der Waals surface area (Å²) in [6.07, 6.45) is 2.29. The first kappa shape index (κ1) is 7.73. The van der Waals surface area contributed by atoms with Gasteiger partial charge >= 0.3 is 0 Å². The lowest BCUT2D eigenvalue weighted by molar-refractivity contribution is -0.991. The van der Waals surface area contributed by atoms with Crippen molar-refractivity contribution in [3.8, 4) is 0 Å². The monoisotopic (exact) mass is 165 g/mol. The zero-order chi connectivity index (χ0) is 8.55. The fourth-order valence-electron chi connectivity index (χ4n) is 1.44. The minimum Gasteiger partial charge on any atom is -0.595 e. The van der Waals surface area contributed by atoms with Gasteiger partial charge in [0.25, 0.3) is 0 Å². The van der Waals surface area contributed by atoms with Crippen molar-refractivity contribution in [2.45, 2.75) is 18.8 Å². The first-order valence-electron chi connectivity index (χ1n) is 4.11. The first-order chi connectivity index (χ1) is 5.79. The van der Waals surface area contributed by atoms with Crippen LogP contribution < -0.4 is 5.23 Å². The first-order valence-corrected chi connectivity index (χ1v) is 4.11. The number of hydrogen-bond acceptors (Lipinski definition) is 2. The molecule has 64 valence electrons. The van der Waals surface area contributed by atoms with Crippen LogP contribution in [0.5, 0.6) is 0 Å². The van der Waals surface area contributed by atoms with Gasteiger partial charge in [0, 0.05) is 11.6 Å². The van der Waals surface area contributed by atoms with Gasteiger partial charge in [-0.05, 0) is 18.8 Å². The van der Waals surface area contributed by atoms with Gasteiger partial charge in [-0.25, -0.2) is 5.21 Å². The zero-order valence-electron chi connectivity index (χ0n) is 6.66. The molecule has 0 saturated heterocycles. The van der Waals surface area contributed by atoms with E-state index >= 15 is 0 Å². The third kappa shape index (κ3) is 1.34. The molecule has 0 aromatic heterocycles. The van der Waals surface area contributed by atoms with Crippen LogP contribution in [0.1, 0.15) is 24.3 Å². The van der Waals surface area contributed by atoms with Gasteiger partial charge in [-0.1, -0.05) is 18.2 Å². The van der Waals surface area contributed by atoms with E-state index in [1.807, 2.05) is 12.1 Å². The molecule has 1 aliphatic rings. The molecule has 3 nitrogen and oxygen atoms in total. The molecule has 12 heavy (non-hydrogen) atoms. The van der Waals surface area contributed by atoms with E-state index in [2.05, 4.69) is 0 Å². The zero-order valence-corrected chi connectivity index (χ0v) is 6.66. The Hall–Kier alpha value is -0.900. The highest BCUT2D eigenvalue weighted by atomic mass is 16.8. The molecule has 1 fully saturated rings. The van der Waals surface area contributed by atoms with Crippen LogP contribution in [0.2, 0.25) is 0 Å². The Labute approximate surface area is 70.8 Å². The summed E-state index contributed by atoms with van der Waals surface area (Å²) in [5, 5.41) is 18.8. The highest BCUT2D eigenvalue weighted by molar-refractivity contribution is 5.43. The van der Waals surface area contributed by atoms with Crippen molar-refractivity contribution in [3.05, 3.63) is 35.0 Å². The van der Waals surface area contributed by atoms with E-state index in [-0.39, 0.29) is 0 Å². The third-order valence-corrected chi connectivity index (χ3v) is 2.21. The molecule has 0 spiro atoms. The molecule has 3 heteroatoms. The average molecular weight is 165 g/mol. The average Bonchev–Trinajstić information content (AvgIpc) is 2.87. The summed E-state index contributed by atoms with van der Waals surface area (Å²) in [7, 11) is 0. The molecule has 1 aliphatic carbocycles. The summed E-state index contributed by atoms with van der Waals surface area (Å²) in [6.45, 7) is 0. The number of para-hydroxylation sites is 1. The quantitative estimate of drug-likeness (QED) is 0.641. The van der Waals surface area contributed by atoms with E-state index in [4.69, 9.17) is 5.21 Å². The van der Waals surface area contributed by atoms with Gasteiger partial charge in [0.05, 0.1) is 0 Å². The molecule has 1 unspecified atom stereocenters. The highest BCUT2D eigenvalue weighted by Crippen LogP contribution is 2.42. The maximum atomic E-state index is 10.8. The van der Waals surface area contributed by atoms with Crippen molar-refractivity contribution in [2.24, 2.45) is 0 Å². The molecular formula is C9H11NO2. The van der Waals surface area contributed by atoms with Gasteiger partial charge in [0.15, 0.2) is 5.69 Å². The second kappa shape index (κ2) is 2.86. The minimum absolute atomic E-state index is 0.472. The van der Waals surface area contributed by atoms with Gasteiger partial charge < -0.3 is 5.21 Å². The second-order valence-corrected chi connectivity index (χ2v) is 3.17. The van der Waals surface area contributed by atoms with Crippen LogP contribution >= 0.6 is 0 Å². The lowest BCUT2D eigenvalue weighted by Crippen LogP contribution is -2.99. The highest BCUT2D eigenvalue weighted by Gasteiger charge is 2.27. The Kier molecular flexibility index (Phi) is 1.84. The number of hydrogen-bond donors (Lipinski definition) is 2. The number of nitrogens with one attached hydrogen (secondary N) is 1. The van der Waals surface area contributed by atoms with Crippen molar-refractivity contribution in [2.75, 3.05) is 0 Å². The van der Waals surface area contributed by atoms with E-state index in [0.717, 1.165) is 18.4 Å². The summed E-state index contributed by atoms with van der Waals surface area (Å²) >= 11 is 0. The van der Waals surface area contributed by atoms with Crippen molar-refractivity contribution in [1.82, 2.24) is 0 Å². The van der Waals surface area contributed by atoms with E-state index < -0.39 is 5.23 Å². The summed E-state index contributed by atoms with van der Waals surface area (Å²) in [4.78, 5) is 0. The molecule has 0 radical (unpaired) electrons. The molecule has 1 atom stereocenters. The summed E-state index contributed by atoms with van der Waals surface area (Å²) in [5.74, 6) is 0.511. The topological polar surface area (TPSA) is 47.7 Å². The minimum atomic E-state index is -0.808. The van der Waals surface area contributed by atoms with Crippen LogP contribution in [0.15, 0.2) is 24.3 Å². The SMILES string of the molecule is [O-][NH+](O)c1ccccc1C1CC1. The van der Waals surface area contributed by atoms with Gasteiger partial charge in [-0.2, -0.15) is 5.23 Å². The number of benzene rings is 1. The van der Waals surface area contributed by atoms with Gasteiger partial charge in [0.2, 0.25) is 0 Å². The molecule has 2 rings (SSSR count). The lowest BCUT2D eigenvalue weighted by atomic mass is 10.1. The molecule has 0 heterocycles. The Balaban J connectivity index is 2.36. The standard InChI is InChI=1S/C9H11NO2/c11-10(12)9-4-2-1-3-8(9)7-5-6-7/h1-4,7,10-11H,5-6H2. The van der Waals surface area contributed by atoms with Crippen LogP contribution in [0.25, 0.3) is 0 Å². The Morgan fingerprint density at radius 2 is 2.00 bits per heavy atom. The second-order valence-electron chi connectivity index (χ2n) is 3.17. The molecule has 2 N–H and O–H groups in total. The van der Waals surface area contributed by atoms with Crippen LogP contribution in [-0.4, -0.2) is 5.21 Å². The van der Waals surface area contributed by atoms with Crippen LogP contribution in [0.3, 0.4) is 0 Å². The molecule has 1 aromatic rings. The largest absolute Gasteiger partial charge is 0.595 e. The normalized spacial score (nSPS) is 19.2. The summed E-state index contributed by atoms with van der Waals surface area (Å²) in [6, 6.07) is 7.27. The van der Waals surface area contributed by atoms with Crippen molar-refractivity contribution in [1.29, 1.82) is 0 Å². The van der Waals surface area contributed by atoms with E-state index in [1.54, 1.807) is 12.1 Å². The molecule has 0 bridgehead atoms. The van der Waals surface area contributed by atoms with E-state index in [0.29, 0.717) is 11.6 Å². The third-order valence-electron chi connectivity index (χ3n) is 2.21. The van der Waals surface area contributed by atoms with Gasteiger partial charge in [-0.3, -0.25) is 0 Å². The van der Waals surface area contributed by atoms with Gasteiger partial charge in [-0.15, -0.1) is 0 Å². The van der Waals surface area contributed by atoms with Crippen molar-refractivity contribution < 1.29 is 10.4 Å². The molecule has 1 aromatic carbocycles. The maximum Gasteiger partial charge on any atom is 0.167 e. The smallest absolute Gasteiger partial charge is 0.167 e. The number of rotatable bonds is 2. The van der Waals surface area contributed by atoms with Gasteiger partial charge in [0.1, 0.15) is 0 Å². The fraction of sp³-hybridized carbons (Fsp3) is 0.333. The summed E-state index contributed by atoms with van der Waals surface area (Å²) in [5.41, 5.74) is 1.48. The molecular weight excluding hydrogens is 154 g/mol. The lowest BCUT2D eigenvalue weighted by Gasteiger charge is -2.14. The molecule has 0 aliphatic heterocycles. The van der Waals surface area contributed by atoms with Crippen LogP contribution in [0.4, 0.5) is 5.69 Å². The van der Waals surface area contributed by atoms with E-state index in [1.165, 1.54) is 0 Å². The van der Waals surface area contributed by atoms with Crippen LogP contribution in [0, 0.1) is 5.21 Å².